The molecular weight excluding hydrogens is 363 g/mol. The van der Waals surface area contributed by atoms with Crippen LogP contribution in [0, 0.1) is 5.82 Å². The maximum absolute atomic E-state index is 13.8. The van der Waals surface area contributed by atoms with E-state index in [1.54, 1.807) is 18.0 Å². The number of carbonyl (C=O) groups is 2. The molecule has 1 aliphatic heterocycles. The fourth-order valence-corrected chi connectivity index (χ4v) is 3.12. The number of hydrogen-bond donors (Lipinski definition) is 1. The normalized spacial score (nSPS) is 15.1. The summed E-state index contributed by atoms with van der Waals surface area (Å²) in [6.45, 7) is 4.07. The van der Waals surface area contributed by atoms with E-state index < -0.39 is 17.8 Å². The van der Waals surface area contributed by atoms with Crippen molar-refractivity contribution in [2.24, 2.45) is 0 Å². The SMILES string of the molecule is COc1ccc(C(=O)N[C@@H](C)C(=O)N2CCN(c3ccccn3)CC2)cc1F. The summed E-state index contributed by atoms with van der Waals surface area (Å²) in [5.41, 5.74) is 0.137. The quantitative estimate of drug-likeness (QED) is 0.847. The minimum Gasteiger partial charge on any atom is -0.494 e. The summed E-state index contributed by atoms with van der Waals surface area (Å²) < 4.78 is 18.6. The molecule has 0 spiro atoms. The van der Waals surface area contributed by atoms with E-state index in [1.165, 1.54) is 19.2 Å². The summed E-state index contributed by atoms with van der Waals surface area (Å²) >= 11 is 0. The number of methoxy groups -OCH3 is 1. The average Bonchev–Trinajstić information content (AvgIpc) is 2.73. The number of ether oxygens (including phenoxy) is 1. The van der Waals surface area contributed by atoms with E-state index in [0.29, 0.717) is 26.2 Å². The first-order chi connectivity index (χ1) is 13.5. The van der Waals surface area contributed by atoms with E-state index in [1.807, 2.05) is 18.2 Å². The number of benzene rings is 1. The fourth-order valence-electron chi connectivity index (χ4n) is 3.12. The molecule has 8 heteroatoms. The number of carbonyl (C=O) groups excluding carboxylic acids is 2. The minimum atomic E-state index is -0.709. The number of rotatable bonds is 5. The molecule has 0 bridgehead atoms. The molecule has 1 aliphatic rings. The standard InChI is InChI=1S/C20H23FN4O3/c1-14(23-19(26)15-6-7-17(28-2)16(21)13-15)20(27)25-11-9-24(10-12-25)18-5-3-4-8-22-18/h3-8,13-14H,9-12H2,1-2H3,(H,23,26)/t14-/m0/s1. The third kappa shape index (κ3) is 4.39. The lowest BCUT2D eigenvalue weighted by molar-refractivity contribution is -0.133. The maximum Gasteiger partial charge on any atom is 0.252 e. The number of pyridine rings is 1. The fraction of sp³-hybridized carbons (Fsp3) is 0.350. The molecule has 1 atom stereocenters. The average molecular weight is 386 g/mol. The maximum atomic E-state index is 13.8. The molecule has 0 unspecified atom stereocenters. The summed E-state index contributed by atoms with van der Waals surface area (Å²) in [4.78, 5) is 33.1. The van der Waals surface area contributed by atoms with Gasteiger partial charge in [-0.3, -0.25) is 9.59 Å². The summed E-state index contributed by atoms with van der Waals surface area (Å²) in [7, 11) is 1.35. The number of hydrogen-bond acceptors (Lipinski definition) is 5. The Labute approximate surface area is 163 Å². The predicted molar refractivity (Wildman–Crippen MR) is 103 cm³/mol. The Morgan fingerprint density at radius 3 is 2.54 bits per heavy atom. The van der Waals surface area contributed by atoms with Gasteiger partial charge in [0.05, 0.1) is 7.11 Å². The topological polar surface area (TPSA) is 74.8 Å². The van der Waals surface area contributed by atoms with Crippen molar-refractivity contribution >= 4 is 17.6 Å². The second-order valence-electron chi connectivity index (χ2n) is 6.54. The Kier molecular flexibility index (Phi) is 6.08. The molecule has 2 heterocycles. The first-order valence-corrected chi connectivity index (χ1v) is 9.08. The van der Waals surface area contributed by atoms with E-state index in [-0.39, 0.29) is 17.2 Å². The summed E-state index contributed by atoms with van der Waals surface area (Å²) in [6.07, 6.45) is 1.74. The van der Waals surface area contributed by atoms with Gasteiger partial charge in [0.25, 0.3) is 5.91 Å². The van der Waals surface area contributed by atoms with Crippen LogP contribution in [0.15, 0.2) is 42.6 Å². The molecular formula is C20H23FN4O3. The highest BCUT2D eigenvalue weighted by atomic mass is 19.1. The Hall–Kier alpha value is -3.16. The Bertz CT molecular complexity index is 839. The van der Waals surface area contributed by atoms with Gasteiger partial charge in [0, 0.05) is 37.9 Å². The lowest BCUT2D eigenvalue weighted by atomic mass is 10.1. The van der Waals surface area contributed by atoms with Gasteiger partial charge in [0.1, 0.15) is 11.9 Å². The molecule has 2 amide bonds. The Morgan fingerprint density at radius 1 is 1.18 bits per heavy atom. The van der Waals surface area contributed by atoms with Crippen molar-refractivity contribution in [1.82, 2.24) is 15.2 Å². The number of nitrogens with zero attached hydrogens (tertiary/aromatic N) is 3. The monoisotopic (exact) mass is 386 g/mol. The predicted octanol–water partition coefficient (Wildman–Crippen LogP) is 1.70. The van der Waals surface area contributed by atoms with Crippen LogP contribution >= 0.6 is 0 Å². The van der Waals surface area contributed by atoms with Crippen molar-refractivity contribution in [3.8, 4) is 5.75 Å². The second kappa shape index (κ2) is 8.69. The van der Waals surface area contributed by atoms with E-state index in [0.717, 1.165) is 11.9 Å². The number of aromatic nitrogens is 1. The number of piperazine rings is 1. The van der Waals surface area contributed by atoms with Crippen LogP contribution in [-0.2, 0) is 4.79 Å². The zero-order valence-corrected chi connectivity index (χ0v) is 15.9. The van der Waals surface area contributed by atoms with Crippen LogP contribution in [0.1, 0.15) is 17.3 Å². The van der Waals surface area contributed by atoms with Crippen LogP contribution in [0.3, 0.4) is 0 Å². The van der Waals surface area contributed by atoms with Crippen molar-refractivity contribution < 1.29 is 18.7 Å². The number of nitrogens with one attached hydrogen (secondary N) is 1. The number of amides is 2. The van der Waals surface area contributed by atoms with E-state index in [4.69, 9.17) is 4.74 Å². The largest absolute Gasteiger partial charge is 0.494 e. The molecule has 0 saturated carbocycles. The molecule has 1 aromatic carbocycles. The van der Waals surface area contributed by atoms with Crippen LogP contribution in [0.2, 0.25) is 0 Å². The molecule has 1 saturated heterocycles. The molecule has 0 radical (unpaired) electrons. The smallest absolute Gasteiger partial charge is 0.252 e. The highest BCUT2D eigenvalue weighted by Gasteiger charge is 2.26. The molecule has 1 N–H and O–H groups in total. The van der Waals surface area contributed by atoms with E-state index in [2.05, 4.69) is 15.2 Å². The Morgan fingerprint density at radius 2 is 1.93 bits per heavy atom. The van der Waals surface area contributed by atoms with Crippen molar-refractivity contribution in [3.63, 3.8) is 0 Å². The molecule has 3 rings (SSSR count). The van der Waals surface area contributed by atoms with Gasteiger partial charge in [0.15, 0.2) is 11.6 Å². The van der Waals surface area contributed by atoms with Crippen molar-refractivity contribution in [2.45, 2.75) is 13.0 Å². The van der Waals surface area contributed by atoms with Crippen LogP contribution in [0.5, 0.6) is 5.75 Å². The third-order valence-electron chi connectivity index (χ3n) is 4.70. The van der Waals surface area contributed by atoms with Crippen molar-refractivity contribution in [1.29, 1.82) is 0 Å². The van der Waals surface area contributed by atoms with E-state index in [9.17, 15) is 14.0 Å². The molecule has 0 aliphatic carbocycles. The summed E-state index contributed by atoms with van der Waals surface area (Å²) in [5, 5.41) is 2.64. The zero-order chi connectivity index (χ0) is 20.1. The molecule has 1 fully saturated rings. The van der Waals surface area contributed by atoms with Gasteiger partial charge in [-0.25, -0.2) is 9.37 Å². The summed E-state index contributed by atoms with van der Waals surface area (Å²) in [6, 6.07) is 8.96. The first-order valence-electron chi connectivity index (χ1n) is 9.08. The number of anilines is 1. The van der Waals surface area contributed by atoms with Gasteiger partial charge >= 0.3 is 0 Å². The minimum absolute atomic E-state index is 0.0615. The lowest BCUT2D eigenvalue weighted by Crippen LogP contribution is -2.54. The van der Waals surface area contributed by atoms with Crippen molar-refractivity contribution in [2.75, 3.05) is 38.2 Å². The highest BCUT2D eigenvalue weighted by molar-refractivity contribution is 5.97. The van der Waals surface area contributed by atoms with E-state index >= 15 is 0 Å². The summed E-state index contributed by atoms with van der Waals surface area (Å²) in [5.74, 6) is -0.346. The van der Waals surface area contributed by atoms with Crippen LogP contribution in [0.25, 0.3) is 0 Å². The lowest BCUT2D eigenvalue weighted by Gasteiger charge is -2.36. The highest BCUT2D eigenvalue weighted by Crippen LogP contribution is 2.18. The molecule has 1 aromatic heterocycles. The third-order valence-corrected chi connectivity index (χ3v) is 4.70. The van der Waals surface area contributed by atoms with Gasteiger partial charge < -0.3 is 19.9 Å². The molecule has 7 nitrogen and oxygen atoms in total. The van der Waals surface area contributed by atoms with Gasteiger partial charge in [-0.1, -0.05) is 6.07 Å². The van der Waals surface area contributed by atoms with Crippen LogP contribution in [0.4, 0.5) is 10.2 Å². The Balaban J connectivity index is 1.55. The number of halogens is 1. The van der Waals surface area contributed by atoms with Gasteiger partial charge in [-0.05, 0) is 37.3 Å². The van der Waals surface area contributed by atoms with Gasteiger partial charge in [-0.15, -0.1) is 0 Å². The van der Waals surface area contributed by atoms with Gasteiger partial charge in [-0.2, -0.15) is 0 Å². The zero-order valence-electron chi connectivity index (χ0n) is 15.9. The molecule has 28 heavy (non-hydrogen) atoms. The van der Waals surface area contributed by atoms with Crippen molar-refractivity contribution in [3.05, 3.63) is 54.0 Å². The van der Waals surface area contributed by atoms with Gasteiger partial charge in [0.2, 0.25) is 5.91 Å². The molecule has 148 valence electrons. The second-order valence-corrected chi connectivity index (χ2v) is 6.54. The van der Waals surface area contributed by atoms with Crippen LogP contribution < -0.4 is 15.0 Å². The first kappa shape index (κ1) is 19.6. The van der Waals surface area contributed by atoms with Crippen LogP contribution in [-0.4, -0.2) is 61.0 Å². The molecule has 2 aromatic rings.